The van der Waals surface area contributed by atoms with Gasteiger partial charge in [-0.3, -0.25) is 15.1 Å². The number of carbonyl (C=O) groups excluding carboxylic acids is 1. The minimum Gasteiger partial charge on any atom is -0.313 e. The van der Waals surface area contributed by atoms with E-state index in [0.717, 1.165) is 23.4 Å². The molecule has 1 aliphatic carbocycles. The van der Waals surface area contributed by atoms with Gasteiger partial charge in [0.15, 0.2) is 0 Å². The van der Waals surface area contributed by atoms with E-state index in [4.69, 9.17) is 0 Å². The first-order chi connectivity index (χ1) is 11.3. The summed E-state index contributed by atoms with van der Waals surface area (Å²) in [4.78, 5) is 20.5. The van der Waals surface area contributed by atoms with Crippen molar-refractivity contribution in [2.24, 2.45) is 0 Å². The first kappa shape index (κ1) is 14.0. The molecule has 0 aromatic carbocycles. The molecular weight excluding hydrogens is 312 g/mol. The molecule has 1 saturated carbocycles. The molecule has 3 aromatic rings. The van der Waals surface area contributed by atoms with Crippen LogP contribution in [0, 0.1) is 0 Å². The lowest BCUT2D eigenvalue weighted by Gasteiger charge is -2.07. The van der Waals surface area contributed by atoms with E-state index >= 15 is 0 Å². The van der Waals surface area contributed by atoms with Gasteiger partial charge >= 0.3 is 0 Å². The average Bonchev–Trinajstić information content (AvgIpc) is 3.14. The molecule has 4 rings (SSSR count). The molecule has 23 heavy (non-hydrogen) atoms. The number of pyridine rings is 1. The minimum atomic E-state index is -0.267. The maximum absolute atomic E-state index is 12.3. The molecule has 0 radical (unpaired) electrons. The van der Waals surface area contributed by atoms with Crippen molar-refractivity contribution in [1.29, 1.82) is 0 Å². The molecule has 1 aliphatic rings. The fraction of sp³-hybridized carbons (Fsp3) is 0.267. The van der Waals surface area contributed by atoms with Gasteiger partial charge in [-0.25, -0.2) is 4.98 Å². The summed E-state index contributed by atoms with van der Waals surface area (Å²) in [7, 11) is 0. The van der Waals surface area contributed by atoms with Gasteiger partial charge in [0.1, 0.15) is 5.01 Å². The van der Waals surface area contributed by atoms with Crippen molar-refractivity contribution in [3.63, 3.8) is 0 Å². The van der Waals surface area contributed by atoms with Crippen molar-refractivity contribution in [3.8, 4) is 0 Å². The molecule has 3 heterocycles. The number of nitrogens with one attached hydrogen (secondary N) is 1. The molecule has 0 spiro atoms. The highest BCUT2D eigenvalue weighted by Crippen LogP contribution is 2.41. The van der Waals surface area contributed by atoms with Crippen LogP contribution in [0.25, 0.3) is 0 Å². The van der Waals surface area contributed by atoms with Crippen LogP contribution in [0.5, 0.6) is 0 Å². The second-order valence-electron chi connectivity index (χ2n) is 5.41. The Morgan fingerprint density at radius 2 is 2.09 bits per heavy atom. The Kier molecular flexibility index (Phi) is 3.58. The Labute approximate surface area is 136 Å². The van der Waals surface area contributed by atoms with Crippen LogP contribution in [0.15, 0.2) is 36.9 Å². The van der Waals surface area contributed by atoms with Crippen LogP contribution in [0.4, 0.5) is 5.95 Å². The number of rotatable bonds is 5. The van der Waals surface area contributed by atoms with Gasteiger partial charge in [0.2, 0.25) is 11.0 Å². The number of aromatic nitrogens is 5. The predicted molar refractivity (Wildman–Crippen MR) is 85.4 cm³/mol. The first-order valence-electron chi connectivity index (χ1n) is 7.34. The second-order valence-corrected chi connectivity index (χ2v) is 6.42. The van der Waals surface area contributed by atoms with Crippen molar-refractivity contribution in [3.05, 3.63) is 52.5 Å². The highest BCUT2D eigenvalue weighted by atomic mass is 32.1. The smallest absolute Gasteiger partial charge is 0.288 e. The van der Waals surface area contributed by atoms with Crippen molar-refractivity contribution >= 4 is 23.2 Å². The van der Waals surface area contributed by atoms with E-state index in [0.29, 0.717) is 23.4 Å². The molecular formula is C15H14N6OS. The highest BCUT2D eigenvalue weighted by molar-refractivity contribution is 7.13. The van der Waals surface area contributed by atoms with E-state index in [-0.39, 0.29) is 5.91 Å². The van der Waals surface area contributed by atoms with E-state index in [1.54, 1.807) is 18.6 Å². The van der Waals surface area contributed by atoms with E-state index in [1.165, 1.54) is 11.3 Å². The first-order valence-corrected chi connectivity index (χ1v) is 8.16. The zero-order chi connectivity index (χ0) is 15.6. The summed E-state index contributed by atoms with van der Waals surface area (Å²) in [6.07, 6.45) is 9.26. The molecule has 8 heteroatoms. The Morgan fingerprint density at radius 3 is 2.87 bits per heavy atom. The van der Waals surface area contributed by atoms with E-state index in [2.05, 4.69) is 25.5 Å². The quantitative estimate of drug-likeness (QED) is 0.777. The van der Waals surface area contributed by atoms with Crippen LogP contribution in [0.3, 0.4) is 0 Å². The monoisotopic (exact) mass is 326 g/mol. The number of imidazole rings is 1. The normalized spacial score (nSPS) is 13.9. The summed E-state index contributed by atoms with van der Waals surface area (Å²) < 4.78 is 1.87. The maximum Gasteiger partial charge on any atom is 0.288 e. The van der Waals surface area contributed by atoms with E-state index in [1.807, 2.05) is 22.9 Å². The number of carbonyl (C=O) groups is 1. The third-order valence-corrected chi connectivity index (χ3v) is 4.69. The zero-order valence-electron chi connectivity index (χ0n) is 12.2. The second kappa shape index (κ2) is 5.88. The topological polar surface area (TPSA) is 85.6 Å². The Bertz CT molecular complexity index is 823. The van der Waals surface area contributed by atoms with Gasteiger partial charge in [-0.2, -0.15) is 0 Å². The average molecular weight is 326 g/mol. The van der Waals surface area contributed by atoms with Crippen LogP contribution in [0.2, 0.25) is 0 Å². The van der Waals surface area contributed by atoms with Crippen LogP contribution >= 0.6 is 11.3 Å². The summed E-state index contributed by atoms with van der Waals surface area (Å²) in [6, 6.07) is 3.86. The zero-order valence-corrected chi connectivity index (χ0v) is 13.0. The van der Waals surface area contributed by atoms with Gasteiger partial charge in [0.05, 0.1) is 6.54 Å². The number of hydrogen-bond acceptors (Lipinski definition) is 6. The van der Waals surface area contributed by atoms with Gasteiger partial charge in [-0.1, -0.05) is 11.3 Å². The van der Waals surface area contributed by atoms with Crippen LogP contribution < -0.4 is 5.32 Å². The van der Waals surface area contributed by atoms with Crippen molar-refractivity contribution in [2.75, 3.05) is 5.32 Å². The van der Waals surface area contributed by atoms with Crippen LogP contribution in [-0.4, -0.2) is 30.6 Å². The van der Waals surface area contributed by atoms with E-state index < -0.39 is 0 Å². The summed E-state index contributed by atoms with van der Waals surface area (Å²) in [5.74, 6) is 0.731. The summed E-state index contributed by atoms with van der Waals surface area (Å²) in [6.45, 7) is 0.613. The number of anilines is 1. The molecule has 0 aliphatic heterocycles. The standard InChI is InChI=1S/C15H14N6OS/c22-12(14-20-19-13(23-14)11-1-2-11)18-15-17-7-8-21(15)9-10-3-5-16-6-4-10/h3-8,11H,1-2,9H2,(H,17,18,22). The SMILES string of the molecule is O=C(Nc1nccn1Cc1ccncc1)c1nnc(C2CC2)s1. The lowest BCUT2D eigenvalue weighted by atomic mass is 10.3. The molecule has 0 bridgehead atoms. The number of amides is 1. The molecule has 1 N–H and O–H groups in total. The molecule has 0 saturated heterocycles. The molecule has 7 nitrogen and oxygen atoms in total. The largest absolute Gasteiger partial charge is 0.313 e. The molecule has 116 valence electrons. The third kappa shape index (κ3) is 3.11. The highest BCUT2D eigenvalue weighted by Gasteiger charge is 2.28. The van der Waals surface area contributed by atoms with Crippen LogP contribution in [0.1, 0.15) is 39.1 Å². The maximum atomic E-state index is 12.3. The fourth-order valence-electron chi connectivity index (χ4n) is 2.22. The van der Waals surface area contributed by atoms with Gasteiger partial charge in [-0.05, 0) is 30.5 Å². The van der Waals surface area contributed by atoms with Crippen molar-refractivity contribution in [1.82, 2.24) is 24.7 Å². The molecule has 1 amide bonds. The van der Waals surface area contributed by atoms with Gasteiger partial charge in [0.25, 0.3) is 5.91 Å². The van der Waals surface area contributed by atoms with Gasteiger partial charge < -0.3 is 4.57 Å². The predicted octanol–water partition coefficient (Wildman–Crippen LogP) is 2.31. The molecule has 1 fully saturated rings. The summed E-state index contributed by atoms with van der Waals surface area (Å²) >= 11 is 1.36. The Hall–Kier alpha value is -2.61. The van der Waals surface area contributed by atoms with Crippen molar-refractivity contribution in [2.45, 2.75) is 25.3 Å². The Balaban J connectivity index is 1.48. The molecule has 0 unspecified atom stereocenters. The van der Waals surface area contributed by atoms with Gasteiger partial charge in [0, 0.05) is 30.7 Å². The fourth-order valence-corrected chi connectivity index (χ4v) is 3.13. The number of hydrogen-bond donors (Lipinski definition) is 1. The lowest BCUT2D eigenvalue weighted by Crippen LogP contribution is -2.16. The molecule has 3 aromatic heterocycles. The molecule has 0 atom stereocenters. The minimum absolute atomic E-state index is 0.267. The van der Waals surface area contributed by atoms with Gasteiger partial charge in [-0.15, -0.1) is 10.2 Å². The van der Waals surface area contributed by atoms with E-state index in [9.17, 15) is 4.79 Å². The Morgan fingerprint density at radius 1 is 1.26 bits per heavy atom. The third-order valence-electron chi connectivity index (χ3n) is 3.60. The van der Waals surface area contributed by atoms with Crippen molar-refractivity contribution < 1.29 is 4.79 Å². The lowest BCUT2D eigenvalue weighted by molar-refractivity contribution is 0.102. The summed E-state index contributed by atoms with van der Waals surface area (Å²) in [5, 5.41) is 12.2. The number of nitrogens with zero attached hydrogens (tertiary/aromatic N) is 5. The summed E-state index contributed by atoms with van der Waals surface area (Å²) in [5.41, 5.74) is 1.08. The van der Waals surface area contributed by atoms with Crippen LogP contribution in [-0.2, 0) is 6.54 Å².